The number of para-hydroxylation sites is 2. The van der Waals surface area contributed by atoms with Crippen LogP contribution in [0.25, 0.3) is 0 Å². The van der Waals surface area contributed by atoms with E-state index in [1.165, 1.54) is 0 Å². The topological polar surface area (TPSA) is 90.9 Å². The van der Waals surface area contributed by atoms with Crippen LogP contribution in [0.1, 0.15) is 27.8 Å². The lowest BCUT2D eigenvalue weighted by atomic mass is 9.83. The van der Waals surface area contributed by atoms with Crippen molar-refractivity contribution in [1.29, 1.82) is 0 Å². The molecule has 0 radical (unpaired) electrons. The number of phosphoric ester groups is 1. The number of hydrogen-bond acceptors (Lipinski definition) is 9. The lowest BCUT2D eigenvalue weighted by Crippen LogP contribution is -2.67. The van der Waals surface area contributed by atoms with Crippen molar-refractivity contribution in [3.05, 3.63) is 240 Å². The van der Waals surface area contributed by atoms with E-state index >= 15 is 4.57 Å². The fraction of sp³-hybridized carbons (Fsp3) is 0.208. The van der Waals surface area contributed by atoms with Crippen molar-refractivity contribution in [3.63, 3.8) is 0 Å². The highest BCUT2D eigenvalue weighted by Crippen LogP contribution is 2.53. The summed E-state index contributed by atoms with van der Waals surface area (Å²) in [7, 11) is -4.60. The second kappa shape index (κ2) is 22.5. The van der Waals surface area contributed by atoms with Crippen molar-refractivity contribution < 1.29 is 41.8 Å². The van der Waals surface area contributed by atoms with Gasteiger partial charge in [0.2, 0.25) is 0 Å². The fourth-order valence-corrected chi connectivity index (χ4v) is 8.88. The minimum atomic E-state index is -4.60. The molecule has 0 heterocycles. The van der Waals surface area contributed by atoms with Crippen LogP contribution in [-0.4, -0.2) is 36.6 Å². The molecule has 8 rings (SSSR count). The molecule has 0 spiro atoms. The smallest absolute Gasteiger partial charge is 0.395 e. The minimum Gasteiger partial charge on any atom is -0.395 e. The third-order valence-corrected chi connectivity index (χ3v) is 11.9. The van der Waals surface area contributed by atoms with Gasteiger partial charge in [-0.15, -0.1) is 0 Å². The van der Waals surface area contributed by atoms with Crippen molar-refractivity contribution in [2.45, 2.75) is 69.7 Å². The molecule has 1 saturated carbocycles. The highest BCUT2D eigenvalue weighted by atomic mass is 31.2. The van der Waals surface area contributed by atoms with E-state index in [1.54, 1.807) is 48.5 Å². The Bertz CT molecular complexity index is 2250. The van der Waals surface area contributed by atoms with Crippen molar-refractivity contribution >= 4 is 7.82 Å². The third kappa shape index (κ3) is 12.6. The van der Waals surface area contributed by atoms with Gasteiger partial charge in [0.15, 0.2) is 0 Å². The normalized spacial score (nSPS) is 19.9. The first kappa shape index (κ1) is 43.8. The highest BCUT2D eigenvalue weighted by molar-refractivity contribution is 7.49. The van der Waals surface area contributed by atoms with E-state index in [1.807, 2.05) is 164 Å². The van der Waals surface area contributed by atoms with Gasteiger partial charge in [0.05, 0.1) is 33.0 Å². The third-order valence-electron chi connectivity index (χ3n) is 10.5. The summed E-state index contributed by atoms with van der Waals surface area (Å²) < 4.78 is 70.0. The zero-order valence-corrected chi connectivity index (χ0v) is 35.7. The Morgan fingerprint density at radius 3 is 0.730 bits per heavy atom. The molecule has 0 amide bonds. The number of rotatable bonds is 21. The van der Waals surface area contributed by atoms with E-state index in [4.69, 9.17) is 37.3 Å². The summed E-state index contributed by atoms with van der Waals surface area (Å²) in [6.45, 7) is 0.956. The average molecular weight is 863 g/mol. The molecule has 7 aromatic carbocycles. The summed E-state index contributed by atoms with van der Waals surface area (Å²) in [6.07, 6.45) is -5.71. The predicted molar refractivity (Wildman–Crippen MR) is 242 cm³/mol. The Labute approximate surface area is 369 Å². The molecule has 2 unspecified atom stereocenters. The van der Waals surface area contributed by atoms with Gasteiger partial charge < -0.3 is 32.7 Å². The first-order valence-electron chi connectivity index (χ1n) is 21.1. The standard InChI is InChI=1S/C53H51O9P/c54-63(60-46-32-18-6-19-33-46,61-47-34-20-7-21-35-47)62-53-51(58-39-44-28-14-4-15-29-44)49(56-37-42-24-10-2-11-25-42)48(55-36-41-22-8-1-9-23-41)50(57-38-43-26-12-3-13-27-43)52(53)59-40-45-30-16-5-17-31-45/h1-35,48-53H,36-40H2/t48?,49-,50+,51-,52-,53?/m0/s1. The first-order chi connectivity index (χ1) is 31.1. The molecule has 1 aliphatic carbocycles. The lowest BCUT2D eigenvalue weighted by Gasteiger charge is -2.49. The van der Waals surface area contributed by atoms with Gasteiger partial charge in [-0.25, -0.2) is 4.57 Å². The van der Waals surface area contributed by atoms with Crippen LogP contribution in [0.2, 0.25) is 0 Å². The van der Waals surface area contributed by atoms with Crippen LogP contribution >= 0.6 is 7.82 Å². The van der Waals surface area contributed by atoms with E-state index < -0.39 is 44.4 Å². The van der Waals surface area contributed by atoms with Crippen molar-refractivity contribution in [1.82, 2.24) is 0 Å². The van der Waals surface area contributed by atoms with E-state index in [-0.39, 0.29) is 44.5 Å². The molecule has 0 N–H and O–H groups in total. The maximum atomic E-state index is 15.5. The molecule has 9 nitrogen and oxygen atoms in total. The molecule has 0 saturated heterocycles. The summed E-state index contributed by atoms with van der Waals surface area (Å²) in [6, 6.07) is 67.1. The largest absolute Gasteiger partial charge is 0.588 e. The van der Waals surface area contributed by atoms with Gasteiger partial charge in [0, 0.05) is 0 Å². The molecular formula is C53H51O9P. The summed E-state index contributed by atoms with van der Waals surface area (Å²) in [5.41, 5.74) is 4.66. The summed E-state index contributed by atoms with van der Waals surface area (Å²) in [5, 5.41) is 0. The van der Waals surface area contributed by atoms with Gasteiger partial charge >= 0.3 is 7.82 Å². The Kier molecular flexibility index (Phi) is 15.6. The molecule has 1 fully saturated rings. The monoisotopic (exact) mass is 862 g/mol. The van der Waals surface area contributed by atoms with Crippen LogP contribution in [0, 0.1) is 0 Å². The van der Waals surface area contributed by atoms with Crippen molar-refractivity contribution in [2.75, 3.05) is 0 Å². The van der Waals surface area contributed by atoms with Crippen LogP contribution in [-0.2, 0) is 65.8 Å². The molecule has 63 heavy (non-hydrogen) atoms. The number of phosphoric acid groups is 1. The lowest BCUT2D eigenvalue weighted by molar-refractivity contribution is -0.280. The van der Waals surface area contributed by atoms with Gasteiger partial charge in [0.1, 0.15) is 48.1 Å². The Morgan fingerprint density at radius 1 is 0.286 bits per heavy atom. The second-order valence-corrected chi connectivity index (χ2v) is 16.6. The number of hydrogen-bond donors (Lipinski definition) is 0. The van der Waals surface area contributed by atoms with E-state index in [0.29, 0.717) is 0 Å². The van der Waals surface area contributed by atoms with Crippen LogP contribution in [0.5, 0.6) is 11.5 Å². The highest BCUT2D eigenvalue weighted by Gasteiger charge is 2.58. The number of benzene rings is 7. The summed E-state index contributed by atoms with van der Waals surface area (Å²) in [5.74, 6) is 0.572. The molecule has 322 valence electrons. The molecule has 6 atom stereocenters. The van der Waals surface area contributed by atoms with E-state index in [0.717, 1.165) is 27.8 Å². The molecule has 0 aromatic heterocycles. The van der Waals surface area contributed by atoms with Gasteiger partial charge in [-0.05, 0) is 52.1 Å². The van der Waals surface area contributed by atoms with Crippen LogP contribution in [0.4, 0.5) is 0 Å². The minimum absolute atomic E-state index is 0.159. The fourth-order valence-electron chi connectivity index (χ4n) is 7.46. The van der Waals surface area contributed by atoms with Crippen molar-refractivity contribution in [3.8, 4) is 11.5 Å². The average Bonchev–Trinajstić information content (AvgIpc) is 3.33. The summed E-state index contributed by atoms with van der Waals surface area (Å²) in [4.78, 5) is 0. The van der Waals surface area contributed by atoms with E-state index in [2.05, 4.69) is 0 Å². The number of ether oxygens (including phenoxy) is 5. The van der Waals surface area contributed by atoms with Crippen LogP contribution < -0.4 is 9.05 Å². The molecule has 0 aliphatic heterocycles. The molecule has 1 aliphatic rings. The second-order valence-electron chi connectivity index (χ2n) is 15.1. The maximum Gasteiger partial charge on any atom is 0.588 e. The van der Waals surface area contributed by atoms with Crippen molar-refractivity contribution in [2.24, 2.45) is 0 Å². The van der Waals surface area contributed by atoms with Gasteiger partial charge in [0.25, 0.3) is 0 Å². The Balaban J connectivity index is 1.27. The van der Waals surface area contributed by atoms with Gasteiger partial charge in [-0.3, -0.25) is 4.52 Å². The Morgan fingerprint density at radius 2 is 0.492 bits per heavy atom. The van der Waals surface area contributed by atoms with Gasteiger partial charge in [-0.1, -0.05) is 188 Å². The molecule has 7 aromatic rings. The zero-order valence-electron chi connectivity index (χ0n) is 34.8. The molecule has 0 bridgehead atoms. The SMILES string of the molecule is O=P(Oc1ccccc1)(Oc1ccccc1)OC1[C@@H](OCc2ccccc2)[C@H](OCc2ccccc2)C(OCc2ccccc2)[C@H](OCc2ccccc2)[C@@H]1OCc1ccccc1. The van der Waals surface area contributed by atoms with Crippen LogP contribution in [0.15, 0.2) is 212 Å². The maximum absolute atomic E-state index is 15.5. The molecule has 10 heteroatoms. The summed E-state index contributed by atoms with van der Waals surface area (Å²) >= 11 is 0. The van der Waals surface area contributed by atoms with E-state index in [9.17, 15) is 0 Å². The van der Waals surface area contributed by atoms with Gasteiger partial charge in [-0.2, -0.15) is 0 Å². The first-order valence-corrected chi connectivity index (χ1v) is 22.6. The molecular weight excluding hydrogens is 812 g/mol. The zero-order chi connectivity index (χ0) is 42.9. The quantitative estimate of drug-likeness (QED) is 0.0655. The van der Waals surface area contributed by atoms with Crippen LogP contribution in [0.3, 0.4) is 0 Å². The Hall–Kier alpha value is -5.87. The predicted octanol–water partition coefficient (Wildman–Crippen LogP) is 11.6.